The second-order valence-electron chi connectivity index (χ2n) is 3.14. The topological polar surface area (TPSA) is 54.0 Å². The second kappa shape index (κ2) is 8.18. The van der Waals surface area contributed by atoms with Gasteiger partial charge >= 0.3 is 15.0 Å². The van der Waals surface area contributed by atoms with Crippen molar-refractivity contribution in [3.8, 4) is 0 Å². The van der Waals surface area contributed by atoms with Crippen LogP contribution in [0.15, 0.2) is 24.8 Å². The summed E-state index contributed by atoms with van der Waals surface area (Å²) in [4.78, 5) is 11.5. The third kappa shape index (κ3) is 5.78. The van der Waals surface area contributed by atoms with E-state index in [0.29, 0.717) is 13.2 Å². The number of hydrogen-bond acceptors (Lipinski definition) is 5. The predicted molar refractivity (Wildman–Crippen MR) is 66.1 cm³/mol. The van der Waals surface area contributed by atoms with Crippen molar-refractivity contribution in [1.82, 2.24) is 0 Å². The first-order valence-electron chi connectivity index (χ1n) is 5.43. The Labute approximate surface area is 103 Å². The maximum Gasteiger partial charge on any atom is 0.752 e. The van der Waals surface area contributed by atoms with Crippen LogP contribution in [0.25, 0.3) is 0 Å². The first kappa shape index (κ1) is 16.0. The van der Waals surface area contributed by atoms with E-state index in [1.165, 1.54) is 6.08 Å². The summed E-state index contributed by atoms with van der Waals surface area (Å²) in [5.74, 6) is -0.581. The van der Waals surface area contributed by atoms with Gasteiger partial charge in [0.25, 0.3) is 0 Å². The molecule has 0 heterocycles. The van der Waals surface area contributed by atoms with Gasteiger partial charge < -0.3 is 17.7 Å². The zero-order valence-electron chi connectivity index (χ0n) is 10.7. The van der Waals surface area contributed by atoms with Gasteiger partial charge in [-0.1, -0.05) is 12.7 Å². The van der Waals surface area contributed by atoms with Crippen LogP contribution in [-0.2, 0) is 22.5 Å². The van der Waals surface area contributed by atoms with Crippen molar-refractivity contribution in [2.75, 3.05) is 19.8 Å². The van der Waals surface area contributed by atoms with E-state index >= 15 is 0 Å². The van der Waals surface area contributed by atoms with Gasteiger partial charge in [0.05, 0.1) is 6.61 Å². The molecule has 0 rings (SSSR count). The van der Waals surface area contributed by atoms with Crippen molar-refractivity contribution in [2.24, 2.45) is 0 Å². The Morgan fingerprint density at radius 3 is 2.12 bits per heavy atom. The molecule has 0 N–H and O–H groups in total. The first-order chi connectivity index (χ1) is 8.01. The monoisotopic (exact) mass is 260 g/mol. The minimum Gasteiger partial charge on any atom is -0.448 e. The molecule has 0 fully saturated rings. The molecule has 0 aliphatic rings. The lowest BCUT2D eigenvalue weighted by molar-refractivity contribution is -0.139. The Kier molecular flexibility index (Phi) is 7.73. The lowest BCUT2D eigenvalue weighted by atomic mass is 10.4. The average molecular weight is 260 g/mol. The van der Waals surface area contributed by atoms with E-state index in [9.17, 15) is 4.79 Å². The highest BCUT2D eigenvalue weighted by Crippen LogP contribution is 2.14. The lowest BCUT2D eigenvalue weighted by Crippen LogP contribution is -2.50. The van der Waals surface area contributed by atoms with Crippen LogP contribution in [0.4, 0.5) is 0 Å². The summed E-state index contributed by atoms with van der Waals surface area (Å²) < 4.78 is 21.3. The Hall–Kier alpha value is -0.953. The average Bonchev–Trinajstić information content (AvgIpc) is 2.27. The maximum absolute atomic E-state index is 11.5. The fourth-order valence-corrected chi connectivity index (χ4v) is 2.79. The molecule has 0 bridgehead atoms. The standard InChI is InChI=1S/C11H20O5Si/c1-6-9-15-17(13-7-2,14-8-3)16-11(12)10(4)5/h6H,1,4,7-9H2,2-3,5H3. The number of hydrogen-bond donors (Lipinski definition) is 0. The molecular formula is C11H20O5Si. The molecule has 0 atom stereocenters. The van der Waals surface area contributed by atoms with Crippen molar-refractivity contribution in [3.05, 3.63) is 24.8 Å². The SMILES string of the molecule is C=CCO[Si](OCC)(OCC)OC(=O)C(=C)C. The molecule has 0 saturated heterocycles. The molecule has 0 aliphatic carbocycles. The van der Waals surface area contributed by atoms with E-state index in [4.69, 9.17) is 17.7 Å². The molecule has 0 saturated carbocycles. The van der Waals surface area contributed by atoms with Crippen LogP contribution in [0, 0.1) is 0 Å². The summed E-state index contributed by atoms with van der Waals surface area (Å²) in [5, 5.41) is 0. The van der Waals surface area contributed by atoms with Crippen molar-refractivity contribution in [2.45, 2.75) is 20.8 Å². The molecule has 17 heavy (non-hydrogen) atoms. The third-order valence-corrected chi connectivity index (χ3v) is 3.83. The van der Waals surface area contributed by atoms with Gasteiger partial charge in [-0.2, -0.15) is 0 Å². The number of carbonyl (C=O) groups is 1. The normalized spacial score (nSPS) is 11.0. The van der Waals surface area contributed by atoms with Crippen LogP contribution in [0.2, 0.25) is 0 Å². The minimum atomic E-state index is -3.42. The van der Waals surface area contributed by atoms with E-state index in [2.05, 4.69) is 13.2 Å². The zero-order chi connectivity index (χ0) is 13.3. The van der Waals surface area contributed by atoms with Crippen molar-refractivity contribution >= 4 is 15.0 Å². The fourth-order valence-electron chi connectivity index (χ4n) is 0.929. The van der Waals surface area contributed by atoms with Crippen LogP contribution in [0.1, 0.15) is 20.8 Å². The maximum atomic E-state index is 11.5. The smallest absolute Gasteiger partial charge is 0.448 e. The Morgan fingerprint density at radius 2 is 1.76 bits per heavy atom. The fraction of sp³-hybridized carbons (Fsp3) is 0.545. The molecule has 5 nitrogen and oxygen atoms in total. The van der Waals surface area contributed by atoms with Gasteiger partial charge in [-0.25, -0.2) is 4.79 Å². The molecule has 98 valence electrons. The second-order valence-corrected chi connectivity index (χ2v) is 5.21. The molecule has 0 amide bonds. The molecular weight excluding hydrogens is 240 g/mol. The Bertz CT molecular complexity index is 271. The minimum absolute atomic E-state index is 0.190. The molecule has 0 aromatic carbocycles. The molecule has 0 unspecified atom stereocenters. The summed E-state index contributed by atoms with van der Waals surface area (Å²) in [6, 6.07) is 0. The van der Waals surface area contributed by atoms with E-state index in [1.807, 2.05) is 0 Å². The molecule has 0 radical (unpaired) electrons. The molecule has 0 aromatic heterocycles. The molecule has 6 heteroatoms. The van der Waals surface area contributed by atoms with Gasteiger partial charge in [-0.05, 0) is 20.8 Å². The highest BCUT2D eigenvalue weighted by atomic mass is 28.4. The van der Waals surface area contributed by atoms with Crippen LogP contribution in [-0.4, -0.2) is 34.8 Å². The summed E-state index contributed by atoms with van der Waals surface area (Å²) in [6.45, 7) is 13.0. The Morgan fingerprint density at radius 1 is 1.24 bits per heavy atom. The molecule has 0 spiro atoms. The van der Waals surface area contributed by atoms with E-state index in [0.717, 1.165) is 0 Å². The van der Waals surface area contributed by atoms with Crippen molar-refractivity contribution in [1.29, 1.82) is 0 Å². The zero-order valence-corrected chi connectivity index (χ0v) is 11.7. The van der Waals surface area contributed by atoms with Gasteiger partial charge in [0, 0.05) is 18.8 Å². The quantitative estimate of drug-likeness (QED) is 0.359. The van der Waals surface area contributed by atoms with Gasteiger partial charge in [-0.3, -0.25) is 0 Å². The van der Waals surface area contributed by atoms with E-state index in [1.54, 1.807) is 20.8 Å². The summed E-state index contributed by atoms with van der Waals surface area (Å²) in [7, 11) is -3.42. The van der Waals surface area contributed by atoms with Crippen LogP contribution >= 0.6 is 0 Å². The number of rotatable bonds is 9. The highest BCUT2D eigenvalue weighted by Gasteiger charge is 2.49. The van der Waals surface area contributed by atoms with Gasteiger partial charge in [0.2, 0.25) is 0 Å². The first-order valence-corrected chi connectivity index (χ1v) is 7.06. The summed E-state index contributed by atoms with van der Waals surface area (Å²) in [5.41, 5.74) is 0.267. The van der Waals surface area contributed by atoms with Crippen LogP contribution in [0.3, 0.4) is 0 Å². The van der Waals surface area contributed by atoms with Gasteiger partial charge in [0.15, 0.2) is 0 Å². The van der Waals surface area contributed by atoms with Gasteiger partial charge in [-0.15, -0.1) is 6.58 Å². The molecule has 0 aliphatic heterocycles. The lowest BCUT2D eigenvalue weighted by Gasteiger charge is -2.25. The van der Waals surface area contributed by atoms with Crippen LogP contribution < -0.4 is 0 Å². The summed E-state index contributed by atoms with van der Waals surface area (Å²) >= 11 is 0. The van der Waals surface area contributed by atoms with Crippen molar-refractivity contribution < 1.29 is 22.5 Å². The highest BCUT2D eigenvalue weighted by molar-refractivity contribution is 6.55. The third-order valence-electron chi connectivity index (χ3n) is 1.59. The number of carbonyl (C=O) groups excluding carboxylic acids is 1. The Balaban J connectivity index is 4.79. The largest absolute Gasteiger partial charge is 0.752 e. The molecule has 0 aromatic rings. The predicted octanol–water partition coefficient (Wildman–Crippen LogP) is 1.82. The van der Waals surface area contributed by atoms with Crippen molar-refractivity contribution in [3.63, 3.8) is 0 Å². The van der Waals surface area contributed by atoms with Gasteiger partial charge in [0.1, 0.15) is 0 Å². The van der Waals surface area contributed by atoms with E-state index in [-0.39, 0.29) is 12.2 Å². The summed E-state index contributed by atoms with van der Waals surface area (Å²) in [6.07, 6.45) is 1.54. The van der Waals surface area contributed by atoms with E-state index < -0.39 is 15.0 Å². The van der Waals surface area contributed by atoms with Crippen LogP contribution in [0.5, 0.6) is 0 Å².